The number of amides is 1. The number of pyridine rings is 1. The molecule has 3 aliphatic rings. The maximum Gasteiger partial charge on any atom is 0.407 e. The molecule has 34 heavy (non-hydrogen) atoms. The highest BCUT2D eigenvalue weighted by Crippen LogP contribution is 2.35. The molecule has 1 aromatic heterocycles. The van der Waals surface area contributed by atoms with Crippen molar-refractivity contribution in [3.8, 4) is 0 Å². The standard InChI is InChI=1S/C26H34N4O4/c1-28(24-9-2-5-18-7-4-10-27-25(18)24)15-20-13-22-19(14-30(20)26(32)33)6-3-8-23(22)29-11-12-34-21(16-29)17-31/h3-4,6-8,10,20-21,24,31H,2,5,9,11-17H2,1H3,(H,32,33)/t20-,21+,24+/m1/s1. The molecule has 3 heterocycles. The van der Waals surface area contributed by atoms with E-state index < -0.39 is 6.09 Å². The summed E-state index contributed by atoms with van der Waals surface area (Å²) in [6.07, 6.45) is 4.69. The zero-order valence-electron chi connectivity index (χ0n) is 19.8. The molecule has 8 heteroatoms. The van der Waals surface area contributed by atoms with Crippen LogP contribution >= 0.6 is 0 Å². The van der Waals surface area contributed by atoms with Crippen LogP contribution in [-0.2, 0) is 24.1 Å². The second kappa shape index (κ2) is 9.90. The fraction of sp³-hybridized carbons (Fsp3) is 0.538. The molecule has 8 nitrogen and oxygen atoms in total. The molecule has 0 saturated carbocycles. The van der Waals surface area contributed by atoms with Crippen LogP contribution in [0.1, 0.15) is 41.3 Å². The smallest absolute Gasteiger partial charge is 0.407 e. The maximum absolute atomic E-state index is 12.2. The third-order valence-electron chi connectivity index (χ3n) is 7.59. The molecule has 2 aromatic rings. The number of aryl methyl sites for hydroxylation is 1. The summed E-state index contributed by atoms with van der Waals surface area (Å²) < 4.78 is 5.65. The van der Waals surface area contributed by atoms with Gasteiger partial charge in [0.1, 0.15) is 0 Å². The van der Waals surface area contributed by atoms with Gasteiger partial charge in [0.15, 0.2) is 0 Å². The number of aliphatic hydroxyl groups is 1. The monoisotopic (exact) mass is 466 g/mol. The first-order valence-corrected chi connectivity index (χ1v) is 12.3. The van der Waals surface area contributed by atoms with Gasteiger partial charge in [0.05, 0.1) is 37.1 Å². The lowest BCUT2D eigenvalue weighted by atomic mass is 9.89. The first kappa shape index (κ1) is 23.1. The highest BCUT2D eigenvalue weighted by molar-refractivity contribution is 5.68. The summed E-state index contributed by atoms with van der Waals surface area (Å²) in [5.41, 5.74) is 5.87. The molecular weight excluding hydrogens is 432 g/mol. The number of aliphatic hydroxyl groups excluding tert-OH is 1. The molecule has 2 aliphatic heterocycles. The Bertz CT molecular complexity index is 1030. The minimum atomic E-state index is -0.872. The van der Waals surface area contributed by atoms with E-state index in [1.165, 1.54) is 11.1 Å². The minimum absolute atomic E-state index is 0.00261. The predicted molar refractivity (Wildman–Crippen MR) is 129 cm³/mol. The van der Waals surface area contributed by atoms with Gasteiger partial charge in [-0.3, -0.25) is 14.8 Å². The molecule has 1 amide bonds. The number of aromatic nitrogens is 1. The summed E-state index contributed by atoms with van der Waals surface area (Å²) in [7, 11) is 2.10. The Morgan fingerprint density at radius 1 is 1.26 bits per heavy atom. The molecule has 182 valence electrons. The molecule has 2 N–H and O–H groups in total. The van der Waals surface area contributed by atoms with E-state index in [-0.39, 0.29) is 24.8 Å². The summed E-state index contributed by atoms with van der Waals surface area (Å²) in [5.74, 6) is 0. The van der Waals surface area contributed by atoms with E-state index in [0.29, 0.717) is 32.7 Å². The van der Waals surface area contributed by atoms with E-state index in [9.17, 15) is 15.0 Å². The first-order chi connectivity index (χ1) is 16.5. The average Bonchev–Trinajstić information content (AvgIpc) is 2.87. The highest BCUT2D eigenvalue weighted by atomic mass is 16.5. The van der Waals surface area contributed by atoms with Crippen LogP contribution in [0, 0.1) is 0 Å². The van der Waals surface area contributed by atoms with E-state index >= 15 is 0 Å². The van der Waals surface area contributed by atoms with Crippen molar-refractivity contribution in [2.24, 2.45) is 0 Å². The Kier molecular flexibility index (Phi) is 6.72. The molecule has 0 radical (unpaired) electrons. The van der Waals surface area contributed by atoms with Crippen molar-refractivity contribution < 1.29 is 19.7 Å². The van der Waals surface area contributed by atoms with Gasteiger partial charge in [-0.1, -0.05) is 18.2 Å². The number of carboxylic acid groups (broad SMARTS) is 1. The summed E-state index contributed by atoms with van der Waals surface area (Å²) in [4.78, 5) is 23.1. The number of fused-ring (bicyclic) bond motifs is 2. The number of nitrogens with zero attached hydrogens (tertiary/aromatic N) is 4. The maximum atomic E-state index is 12.2. The molecule has 0 unspecified atom stereocenters. The van der Waals surface area contributed by atoms with Gasteiger partial charge in [0.25, 0.3) is 0 Å². The Labute approximate surface area is 200 Å². The van der Waals surface area contributed by atoms with E-state index in [1.54, 1.807) is 4.90 Å². The summed E-state index contributed by atoms with van der Waals surface area (Å²) in [6, 6.07) is 10.4. The Hall–Kier alpha value is -2.68. The van der Waals surface area contributed by atoms with Crippen LogP contribution in [0.4, 0.5) is 10.5 Å². The molecule has 1 aromatic carbocycles. The van der Waals surface area contributed by atoms with E-state index in [2.05, 4.69) is 34.0 Å². The molecule has 0 bridgehead atoms. The average molecular weight is 467 g/mol. The van der Waals surface area contributed by atoms with Gasteiger partial charge in [0, 0.05) is 38.1 Å². The van der Waals surface area contributed by atoms with Crippen molar-refractivity contribution in [1.82, 2.24) is 14.8 Å². The molecule has 1 fully saturated rings. The Morgan fingerprint density at radius 2 is 2.12 bits per heavy atom. The lowest BCUT2D eigenvalue weighted by Gasteiger charge is -2.42. The zero-order chi connectivity index (χ0) is 23.7. The third-order valence-corrected chi connectivity index (χ3v) is 7.59. The van der Waals surface area contributed by atoms with Crippen LogP contribution in [-0.4, -0.2) is 83.1 Å². The molecule has 5 rings (SSSR count). The van der Waals surface area contributed by atoms with E-state index in [1.807, 2.05) is 24.4 Å². The second-order valence-corrected chi connectivity index (χ2v) is 9.70. The van der Waals surface area contributed by atoms with Crippen molar-refractivity contribution in [2.75, 3.05) is 44.8 Å². The van der Waals surface area contributed by atoms with Gasteiger partial charge in [-0.25, -0.2) is 4.79 Å². The van der Waals surface area contributed by atoms with Gasteiger partial charge < -0.3 is 19.8 Å². The number of rotatable bonds is 5. The van der Waals surface area contributed by atoms with Gasteiger partial charge in [0.2, 0.25) is 0 Å². The number of anilines is 1. The van der Waals surface area contributed by atoms with Crippen LogP contribution in [0.5, 0.6) is 0 Å². The molecule has 1 aliphatic carbocycles. The molecule has 0 spiro atoms. The van der Waals surface area contributed by atoms with Gasteiger partial charge in [-0.2, -0.15) is 0 Å². The lowest BCUT2D eigenvalue weighted by Crippen LogP contribution is -2.50. The van der Waals surface area contributed by atoms with Crippen molar-refractivity contribution in [3.63, 3.8) is 0 Å². The minimum Gasteiger partial charge on any atom is -0.465 e. The van der Waals surface area contributed by atoms with Crippen molar-refractivity contribution in [2.45, 2.75) is 50.4 Å². The van der Waals surface area contributed by atoms with Crippen molar-refractivity contribution in [1.29, 1.82) is 0 Å². The summed E-state index contributed by atoms with van der Waals surface area (Å²) in [5, 5.41) is 19.6. The van der Waals surface area contributed by atoms with E-state index in [4.69, 9.17) is 4.74 Å². The summed E-state index contributed by atoms with van der Waals surface area (Å²) in [6.45, 7) is 3.04. The Morgan fingerprint density at radius 3 is 2.94 bits per heavy atom. The van der Waals surface area contributed by atoms with Gasteiger partial charge >= 0.3 is 6.09 Å². The largest absolute Gasteiger partial charge is 0.465 e. The zero-order valence-corrected chi connectivity index (χ0v) is 19.8. The predicted octanol–water partition coefficient (Wildman–Crippen LogP) is 2.69. The van der Waals surface area contributed by atoms with Crippen molar-refractivity contribution in [3.05, 3.63) is 58.9 Å². The number of hydrogen-bond donors (Lipinski definition) is 2. The van der Waals surface area contributed by atoms with E-state index in [0.717, 1.165) is 42.8 Å². The third kappa shape index (κ3) is 4.50. The molecular formula is C26H34N4O4. The van der Waals surface area contributed by atoms with Crippen LogP contribution in [0.25, 0.3) is 0 Å². The molecule has 1 saturated heterocycles. The fourth-order valence-corrected chi connectivity index (χ4v) is 5.87. The number of ether oxygens (including phenoxy) is 1. The first-order valence-electron chi connectivity index (χ1n) is 12.3. The number of carbonyl (C=O) groups is 1. The van der Waals surface area contributed by atoms with Gasteiger partial charge in [-0.05, 0) is 61.6 Å². The second-order valence-electron chi connectivity index (χ2n) is 9.70. The van der Waals surface area contributed by atoms with Crippen LogP contribution in [0.15, 0.2) is 36.5 Å². The highest BCUT2D eigenvalue weighted by Gasteiger charge is 2.35. The SMILES string of the molecule is CN(C[C@H]1Cc2c(cccc2N2CCO[C@H](CO)C2)CN1C(=O)O)[C@H]1CCCc2cccnc21. The topological polar surface area (TPSA) is 89.4 Å². The summed E-state index contributed by atoms with van der Waals surface area (Å²) >= 11 is 0. The van der Waals surface area contributed by atoms with Gasteiger partial charge in [-0.15, -0.1) is 0 Å². The number of hydrogen-bond acceptors (Lipinski definition) is 6. The van der Waals surface area contributed by atoms with Crippen LogP contribution in [0.3, 0.4) is 0 Å². The quantitative estimate of drug-likeness (QED) is 0.700. The number of benzene rings is 1. The lowest BCUT2D eigenvalue weighted by molar-refractivity contribution is 0.00348. The normalized spacial score (nSPS) is 24.6. The number of likely N-dealkylation sites (N-methyl/N-ethyl adjacent to an activating group) is 1. The van der Waals surface area contributed by atoms with Crippen molar-refractivity contribution >= 4 is 11.8 Å². The number of morpholine rings is 1. The van der Waals surface area contributed by atoms with Crippen LogP contribution in [0.2, 0.25) is 0 Å². The molecule has 3 atom stereocenters. The van der Waals surface area contributed by atoms with Crippen LogP contribution < -0.4 is 4.90 Å². The Balaban J connectivity index is 1.40. The fourth-order valence-electron chi connectivity index (χ4n) is 5.87.